The van der Waals surface area contributed by atoms with Crippen molar-refractivity contribution in [3.05, 3.63) is 11.6 Å². The maximum atomic E-state index is 17.4. The topological polar surface area (TPSA) is 107 Å². The highest BCUT2D eigenvalue weighted by Crippen LogP contribution is 2.72. The van der Waals surface area contributed by atoms with Gasteiger partial charge in [0.1, 0.15) is 5.67 Å². The number of carbonyl (C=O) groups is 4. The van der Waals surface area contributed by atoms with Gasteiger partial charge < -0.3 is 14.6 Å². The summed E-state index contributed by atoms with van der Waals surface area (Å²) in [4.78, 5) is 50.4. The SMILES string of the molecule is CCC(=O)OCC(=O)C1(OC(=O)CC)C(C)CC2C3CCC4=CC(=O)CCC4(C)C3(F)C(O)CC21C. The minimum Gasteiger partial charge on any atom is -0.457 e. The fourth-order valence-corrected chi connectivity index (χ4v) is 8.37. The van der Waals surface area contributed by atoms with Crippen LogP contribution >= 0.6 is 0 Å². The standard InChI is InChI=1S/C28H39FO7/c1-6-23(33)35-15-22(32)28(36-24(34)7-2)16(3)12-20-19-9-8-17-13-18(30)10-11-25(17,4)27(19,29)21(31)14-26(20,28)5/h13,16,19-21,31H,6-12,14-15H2,1-5H3. The largest absolute Gasteiger partial charge is 0.457 e. The smallest absolute Gasteiger partial charge is 0.306 e. The molecule has 8 unspecified atom stereocenters. The lowest BCUT2D eigenvalue weighted by Crippen LogP contribution is -2.70. The van der Waals surface area contributed by atoms with Crippen LogP contribution in [0.25, 0.3) is 0 Å². The molecular weight excluding hydrogens is 467 g/mol. The number of aliphatic hydroxyl groups excluding tert-OH is 1. The second kappa shape index (κ2) is 9.03. The van der Waals surface area contributed by atoms with Gasteiger partial charge >= 0.3 is 11.9 Å². The second-order valence-corrected chi connectivity index (χ2v) is 11.8. The highest BCUT2D eigenvalue weighted by Gasteiger charge is 2.77. The lowest BCUT2D eigenvalue weighted by Gasteiger charge is -2.63. The van der Waals surface area contributed by atoms with Crippen LogP contribution in [0.3, 0.4) is 0 Å². The summed E-state index contributed by atoms with van der Waals surface area (Å²) < 4.78 is 28.6. The van der Waals surface area contributed by atoms with Gasteiger partial charge in [-0.3, -0.25) is 19.2 Å². The number of allylic oxidation sites excluding steroid dienone is 1. The monoisotopic (exact) mass is 506 g/mol. The number of ether oxygens (including phenoxy) is 2. The van der Waals surface area contributed by atoms with Crippen molar-refractivity contribution in [2.45, 2.75) is 103 Å². The first-order valence-corrected chi connectivity index (χ1v) is 13.3. The Balaban J connectivity index is 1.79. The number of rotatable bonds is 6. The lowest BCUT2D eigenvalue weighted by atomic mass is 9.43. The number of esters is 2. The molecule has 36 heavy (non-hydrogen) atoms. The van der Waals surface area contributed by atoms with Gasteiger partial charge in [-0.1, -0.05) is 40.2 Å². The van der Waals surface area contributed by atoms with Gasteiger partial charge in [0.05, 0.1) is 6.10 Å². The first kappa shape index (κ1) is 27.0. The number of hydrogen-bond acceptors (Lipinski definition) is 7. The van der Waals surface area contributed by atoms with Crippen molar-refractivity contribution >= 4 is 23.5 Å². The fraction of sp³-hybridized carbons (Fsp3) is 0.786. The summed E-state index contributed by atoms with van der Waals surface area (Å²) in [5, 5.41) is 11.6. The number of aliphatic hydroxyl groups is 1. The van der Waals surface area contributed by atoms with Crippen molar-refractivity contribution in [1.29, 1.82) is 0 Å². The summed E-state index contributed by atoms with van der Waals surface area (Å²) in [5.74, 6) is -2.99. The van der Waals surface area contributed by atoms with Crippen LogP contribution in [-0.4, -0.2) is 52.6 Å². The third-order valence-corrected chi connectivity index (χ3v) is 10.2. The predicted molar refractivity (Wildman–Crippen MR) is 128 cm³/mol. The van der Waals surface area contributed by atoms with Gasteiger partial charge in [-0.15, -0.1) is 0 Å². The normalized spacial score (nSPS) is 43.5. The molecule has 200 valence electrons. The van der Waals surface area contributed by atoms with Crippen LogP contribution in [0.4, 0.5) is 4.39 Å². The maximum Gasteiger partial charge on any atom is 0.306 e. The van der Waals surface area contributed by atoms with Crippen molar-refractivity contribution in [1.82, 2.24) is 0 Å². The van der Waals surface area contributed by atoms with Crippen LogP contribution in [0, 0.1) is 28.6 Å². The lowest BCUT2D eigenvalue weighted by molar-refractivity contribution is -0.235. The summed E-state index contributed by atoms with van der Waals surface area (Å²) in [5.41, 5.74) is -4.86. The van der Waals surface area contributed by atoms with E-state index in [1.165, 1.54) is 0 Å². The van der Waals surface area contributed by atoms with E-state index in [-0.39, 0.29) is 37.4 Å². The van der Waals surface area contributed by atoms with Gasteiger partial charge in [0.15, 0.2) is 18.0 Å². The molecule has 0 heterocycles. The third kappa shape index (κ3) is 3.46. The number of halogens is 1. The van der Waals surface area contributed by atoms with Crippen molar-refractivity contribution in [3.8, 4) is 0 Å². The molecule has 0 radical (unpaired) electrons. The number of ketones is 2. The molecule has 0 aliphatic heterocycles. The van der Waals surface area contributed by atoms with Crippen LogP contribution in [0.5, 0.6) is 0 Å². The van der Waals surface area contributed by atoms with E-state index in [0.29, 0.717) is 25.7 Å². The summed E-state index contributed by atoms with van der Waals surface area (Å²) in [6, 6.07) is 0. The molecule has 0 bridgehead atoms. The van der Waals surface area contributed by atoms with E-state index >= 15 is 4.39 Å². The van der Waals surface area contributed by atoms with Gasteiger partial charge in [-0.05, 0) is 44.1 Å². The van der Waals surface area contributed by atoms with Crippen molar-refractivity contribution in [2.24, 2.45) is 28.6 Å². The summed E-state index contributed by atoms with van der Waals surface area (Å²) in [6.07, 6.45) is 2.24. The molecule has 0 aromatic carbocycles. The molecule has 7 nitrogen and oxygen atoms in total. The number of alkyl halides is 1. The average molecular weight is 507 g/mol. The van der Waals surface area contributed by atoms with Crippen molar-refractivity contribution in [2.75, 3.05) is 6.61 Å². The molecule has 0 spiro atoms. The molecule has 1 N–H and O–H groups in total. The van der Waals surface area contributed by atoms with Gasteiger partial charge in [0.25, 0.3) is 0 Å². The van der Waals surface area contributed by atoms with E-state index in [4.69, 9.17) is 9.47 Å². The maximum absolute atomic E-state index is 17.4. The van der Waals surface area contributed by atoms with E-state index in [9.17, 15) is 24.3 Å². The number of fused-ring (bicyclic) bond motifs is 5. The highest BCUT2D eigenvalue weighted by molar-refractivity contribution is 5.94. The summed E-state index contributed by atoms with van der Waals surface area (Å²) in [7, 11) is 0. The van der Waals surface area contributed by atoms with Gasteiger partial charge in [-0.2, -0.15) is 0 Å². The van der Waals surface area contributed by atoms with Crippen LogP contribution in [0.15, 0.2) is 11.6 Å². The third-order valence-electron chi connectivity index (χ3n) is 10.2. The highest BCUT2D eigenvalue weighted by atomic mass is 19.1. The zero-order valence-electron chi connectivity index (χ0n) is 22.0. The molecule has 8 heteroatoms. The van der Waals surface area contributed by atoms with Crippen LogP contribution < -0.4 is 0 Å². The Morgan fingerprint density at radius 2 is 1.78 bits per heavy atom. The van der Waals surface area contributed by atoms with E-state index < -0.39 is 64.4 Å². The Morgan fingerprint density at radius 1 is 1.11 bits per heavy atom. The first-order chi connectivity index (χ1) is 16.8. The van der Waals surface area contributed by atoms with E-state index in [1.807, 2.05) is 20.8 Å². The van der Waals surface area contributed by atoms with Crippen LogP contribution in [-0.2, 0) is 28.7 Å². The molecule has 0 aromatic heterocycles. The van der Waals surface area contributed by atoms with Gasteiger partial charge in [0.2, 0.25) is 5.78 Å². The Kier molecular flexibility index (Phi) is 6.76. The Labute approximate surface area is 212 Å². The quantitative estimate of drug-likeness (QED) is 0.542. The molecule has 0 aromatic rings. The van der Waals surface area contributed by atoms with E-state index in [1.54, 1.807) is 19.9 Å². The predicted octanol–water partition coefficient (Wildman–Crippen LogP) is 4.04. The molecule has 4 aliphatic carbocycles. The zero-order chi connectivity index (χ0) is 26.7. The minimum atomic E-state index is -1.97. The molecule has 4 rings (SSSR count). The van der Waals surface area contributed by atoms with Crippen molar-refractivity contribution < 1.29 is 38.1 Å². The first-order valence-electron chi connectivity index (χ1n) is 13.3. The van der Waals surface area contributed by atoms with Crippen LogP contribution in [0.1, 0.15) is 86.0 Å². The van der Waals surface area contributed by atoms with Gasteiger partial charge in [0, 0.05) is 41.9 Å². The van der Waals surface area contributed by atoms with E-state index in [2.05, 4.69) is 0 Å². The van der Waals surface area contributed by atoms with Gasteiger partial charge in [-0.25, -0.2) is 4.39 Å². The molecule has 0 saturated heterocycles. The minimum absolute atomic E-state index is 0.00753. The molecule has 8 atom stereocenters. The van der Waals surface area contributed by atoms with Crippen molar-refractivity contribution in [3.63, 3.8) is 0 Å². The number of hydrogen-bond donors (Lipinski definition) is 1. The number of carbonyl (C=O) groups excluding carboxylic acids is 4. The summed E-state index contributed by atoms with van der Waals surface area (Å²) in [6.45, 7) is 8.20. The molecule has 3 fully saturated rings. The molecule has 3 saturated carbocycles. The fourth-order valence-electron chi connectivity index (χ4n) is 8.37. The Hall–Kier alpha value is -2.09. The Morgan fingerprint density at radius 3 is 2.42 bits per heavy atom. The Bertz CT molecular complexity index is 1010. The average Bonchev–Trinajstić information content (AvgIpc) is 3.05. The summed E-state index contributed by atoms with van der Waals surface area (Å²) >= 11 is 0. The molecule has 0 amide bonds. The number of Topliss-reactive ketones (excluding diaryl/α,β-unsaturated/α-hetero) is 1. The van der Waals surface area contributed by atoms with Crippen LogP contribution in [0.2, 0.25) is 0 Å². The molecular formula is C28H39FO7. The van der Waals surface area contributed by atoms with E-state index in [0.717, 1.165) is 5.57 Å². The zero-order valence-corrected chi connectivity index (χ0v) is 22.0. The molecule has 4 aliphatic rings. The second-order valence-electron chi connectivity index (χ2n) is 11.8.